The van der Waals surface area contributed by atoms with E-state index in [-0.39, 0.29) is 22.7 Å². The molecule has 2 aromatic heterocycles. The van der Waals surface area contributed by atoms with Crippen LogP contribution >= 0.6 is 0 Å². The molecular weight excluding hydrogens is 377 g/mol. The van der Waals surface area contributed by atoms with E-state index in [0.717, 1.165) is 12.5 Å². The molecule has 3 heterocycles. The fourth-order valence-electron chi connectivity index (χ4n) is 3.74. The highest BCUT2D eigenvalue weighted by Crippen LogP contribution is 2.33. The van der Waals surface area contributed by atoms with Crippen LogP contribution in [-0.2, 0) is 0 Å². The topological polar surface area (TPSA) is 114 Å². The fourth-order valence-corrected chi connectivity index (χ4v) is 3.74. The third kappa shape index (κ3) is 3.08. The second-order valence-corrected chi connectivity index (χ2v) is 7.25. The molecular formula is C20H20FN5O3. The molecule has 8 nitrogen and oxygen atoms in total. The zero-order valence-corrected chi connectivity index (χ0v) is 16.0. The molecule has 1 aliphatic heterocycles. The number of halogens is 1. The molecule has 0 radical (unpaired) electrons. The molecule has 3 aromatic rings. The highest BCUT2D eigenvalue weighted by molar-refractivity contribution is 5.97. The molecule has 4 rings (SSSR count). The molecule has 1 aliphatic rings. The van der Waals surface area contributed by atoms with Crippen LogP contribution in [0.2, 0.25) is 0 Å². The van der Waals surface area contributed by atoms with Crippen LogP contribution in [-0.4, -0.2) is 37.9 Å². The van der Waals surface area contributed by atoms with Crippen molar-refractivity contribution in [3.63, 3.8) is 0 Å². The minimum atomic E-state index is -0.794. The number of hydrogen-bond acceptors (Lipinski definition) is 4. The second-order valence-electron chi connectivity index (χ2n) is 7.25. The number of nitrogens with one attached hydrogen (secondary N) is 1. The summed E-state index contributed by atoms with van der Waals surface area (Å²) in [5.74, 6) is -2.03. The molecule has 0 saturated carbocycles. The Hall–Kier alpha value is -3.49. The number of likely N-dealkylation sites (tertiary alicyclic amines) is 1. The van der Waals surface area contributed by atoms with Crippen molar-refractivity contribution in [1.82, 2.24) is 19.5 Å². The maximum atomic E-state index is 14.4. The predicted octanol–water partition coefficient (Wildman–Crippen LogP) is 1.85. The van der Waals surface area contributed by atoms with Gasteiger partial charge in [0.25, 0.3) is 11.5 Å². The summed E-state index contributed by atoms with van der Waals surface area (Å²) in [5.41, 5.74) is 7.19. The van der Waals surface area contributed by atoms with Gasteiger partial charge in [-0.1, -0.05) is 0 Å². The Bertz CT molecular complexity index is 1210. The predicted molar refractivity (Wildman–Crippen MR) is 103 cm³/mol. The van der Waals surface area contributed by atoms with Crippen molar-refractivity contribution < 1.29 is 14.0 Å². The number of nitrogens with zero attached hydrogens (tertiary/aromatic N) is 3. The van der Waals surface area contributed by atoms with Gasteiger partial charge in [-0.25, -0.2) is 13.9 Å². The molecule has 150 valence electrons. The van der Waals surface area contributed by atoms with E-state index in [2.05, 4.69) is 10.1 Å². The number of rotatable bonds is 3. The molecule has 1 fully saturated rings. The Morgan fingerprint density at radius 2 is 2.03 bits per heavy atom. The van der Waals surface area contributed by atoms with Gasteiger partial charge in [0.05, 0.1) is 17.3 Å². The Morgan fingerprint density at radius 1 is 1.28 bits per heavy atom. The minimum Gasteiger partial charge on any atom is -0.366 e. The van der Waals surface area contributed by atoms with Crippen LogP contribution in [0.1, 0.15) is 56.6 Å². The average Bonchev–Trinajstić information content (AvgIpc) is 3.32. The number of carbonyl (C=O) groups is 2. The number of primary amides is 1. The van der Waals surface area contributed by atoms with Crippen molar-refractivity contribution in [2.24, 2.45) is 5.73 Å². The SMILES string of the molecule is Cc1nc2cc([C@H]3CCCN3C(=O)c3ccc(C(N)=O)cc3F)[nH]n2c(=O)c1C. The first-order valence-corrected chi connectivity index (χ1v) is 9.27. The van der Waals surface area contributed by atoms with Gasteiger partial charge in [-0.2, -0.15) is 0 Å². The molecule has 2 amide bonds. The highest BCUT2D eigenvalue weighted by Gasteiger charge is 2.33. The van der Waals surface area contributed by atoms with Gasteiger partial charge in [-0.3, -0.25) is 19.5 Å². The van der Waals surface area contributed by atoms with Crippen LogP contribution in [0.3, 0.4) is 0 Å². The maximum absolute atomic E-state index is 14.4. The number of H-pyrrole nitrogens is 1. The normalized spacial score (nSPS) is 16.5. The van der Waals surface area contributed by atoms with E-state index in [1.54, 1.807) is 24.8 Å². The Labute approximate surface area is 165 Å². The Morgan fingerprint density at radius 3 is 2.72 bits per heavy atom. The Kier molecular flexibility index (Phi) is 4.45. The zero-order valence-electron chi connectivity index (χ0n) is 16.0. The number of aromatic nitrogens is 3. The van der Waals surface area contributed by atoms with Gasteiger partial charge in [-0.05, 0) is 44.9 Å². The van der Waals surface area contributed by atoms with Gasteiger partial charge in [0.1, 0.15) is 5.82 Å². The van der Waals surface area contributed by atoms with Crippen molar-refractivity contribution in [3.05, 3.63) is 68.5 Å². The van der Waals surface area contributed by atoms with Crippen LogP contribution in [0.25, 0.3) is 5.65 Å². The lowest BCUT2D eigenvalue weighted by Gasteiger charge is -2.24. The smallest absolute Gasteiger partial charge is 0.275 e. The molecule has 1 aromatic carbocycles. The molecule has 3 N–H and O–H groups in total. The second kappa shape index (κ2) is 6.84. The zero-order chi connectivity index (χ0) is 20.9. The lowest BCUT2D eigenvalue weighted by Crippen LogP contribution is -2.31. The molecule has 0 aliphatic carbocycles. The number of carbonyl (C=O) groups excluding carboxylic acids is 2. The largest absolute Gasteiger partial charge is 0.366 e. The van der Waals surface area contributed by atoms with Crippen molar-refractivity contribution in [1.29, 1.82) is 0 Å². The molecule has 29 heavy (non-hydrogen) atoms. The van der Waals surface area contributed by atoms with Gasteiger partial charge in [0, 0.05) is 29.4 Å². The molecule has 1 atom stereocenters. The van der Waals surface area contributed by atoms with E-state index in [9.17, 15) is 18.8 Å². The number of benzene rings is 1. The summed E-state index contributed by atoms with van der Waals surface area (Å²) in [7, 11) is 0. The molecule has 0 bridgehead atoms. The first kappa shape index (κ1) is 18.9. The fraction of sp³-hybridized carbons (Fsp3) is 0.300. The Balaban J connectivity index is 1.70. The molecule has 0 unspecified atom stereocenters. The summed E-state index contributed by atoms with van der Waals surface area (Å²) in [6, 6.07) is 4.99. The highest BCUT2D eigenvalue weighted by atomic mass is 19.1. The van der Waals surface area contributed by atoms with E-state index in [1.165, 1.54) is 16.6 Å². The summed E-state index contributed by atoms with van der Waals surface area (Å²) in [5, 5.41) is 3.04. The van der Waals surface area contributed by atoms with Gasteiger partial charge in [0.15, 0.2) is 5.65 Å². The standard InChI is InChI=1S/C20H20FN5O3/c1-10-11(2)23-17-9-15(24-26(17)19(10)28)16-4-3-7-25(16)20(29)13-6-5-12(18(22)27)8-14(13)21/h5-6,8-9,16,24H,3-4,7H2,1-2H3,(H2,22,27)/t16-/m1/s1. The number of hydrogen-bond donors (Lipinski definition) is 2. The summed E-state index contributed by atoms with van der Waals surface area (Å²) in [6.07, 6.45) is 1.42. The van der Waals surface area contributed by atoms with E-state index < -0.39 is 17.6 Å². The van der Waals surface area contributed by atoms with Gasteiger partial charge in [0.2, 0.25) is 5.91 Å². The van der Waals surface area contributed by atoms with Crippen LogP contribution in [0.4, 0.5) is 4.39 Å². The quantitative estimate of drug-likeness (QED) is 0.702. The number of amides is 2. The van der Waals surface area contributed by atoms with Crippen LogP contribution in [0.15, 0.2) is 29.1 Å². The maximum Gasteiger partial charge on any atom is 0.275 e. The van der Waals surface area contributed by atoms with Crippen molar-refractivity contribution in [2.75, 3.05) is 6.54 Å². The third-order valence-electron chi connectivity index (χ3n) is 5.46. The number of aryl methyl sites for hydroxylation is 1. The minimum absolute atomic E-state index is 0.00355. The van der Waals surface area contributed by atoms with Gasteiger partial charge in [-0.15, -0.1) is 0 Å². The lowest BCUT2D eigenvalue weighted by molar-refractivity contribution is 0.0727. The summed E-state index contributed by atoms with van der Waals surface area (Å²) in [4.78, 5) is 42.7. The van der Waals surface area contributed by atoms with Crippen LogP contribution in [0.5, 0.6) is 0 Å². The van der Waals surface area contributed by atoms with Crippen LogP contribution in [0, 0.1) is 19.7 Å². The first-order chi connectivity index (χ1) is 13.8. The molecule has 1 saturated heterocycles. The number of fused-ring (bicyclic) bond motifs is 1. The molecule has 0 spiro atoms. The van der Waals surface area contributed by atoms with Crippen molar-refractivity contribution >= 4 is 17.5 Å². The van der Waals surface area contributed by atoms with E-state index >= 15 is 0 Å². The average molecular weight is 397 g/mol. The van der Waals surface area contributed by atoms with Crippen LogP contribution < -0.4 is 11.3 Å². The molecule has 9 heteroatoms. The first-order valence-electron chi connectivity index (χ1n) is 9.27. The van der Waals surface area contributed by atoms with Gasteiger partial charge >= 0.3 is 0 Å². The van der Waals surface area contributed by atoms with E-state index in [4.69, 9.17) is 5.73 Å². The van der Waals surface area contributed by atoms with Gasteiger partial charge < -0.3 is 10.6 Å². The monoisotopic (exact) mass is 397 g/mol. The summed E-state index contributed by atoms with van der Waals surface area (Å²) < 4.78 is 15.8. The number of aromatic amines is 1. The van der Waals surface area contributed by atoms with Crippen molar-refractivity contribution in [2.45, 2.75) is 32.7 Å². The third-order valence-corrected chi connectivity index (χ3v) is 5.46. The van der Waals surface area contributed by atoms with Crippen molar-refractivity contribution in [3.8, 4) is 0 Å². The van der Waals surface area contributed by atoms with E-state index in [0.29, 0.717) is 35.6 Å². The summed E-state index contributed by atoms with van der Waals surface area (Å²) in [6.45, 7) is 3.94. The number of nitrogens with two attached hydrogens (primary N) is 1. The lowest BCUT2D eigenvalue weighted by atomic mass is 10.1. The van der Waals surface area contributed by atoms with E-state index in [1.807, 2.05) is 0 Å². The summed E-state index contributed by atoms with van der Waals surface area (Å²) >= 11 is 0.